The molecule has 114 valence electrons. The summed E-state index contributed by atoms with van der Waals surface area (Å²) in [5.74, 6) is 0.923. The number of halogens is 1. The van der Waals surface area contributed by atoms with E-state index in [0.717, 1.165) is 22.5 Å². The predicted molar refractivity (Wildman–Crippen MR) is 91.5 cm³/mol. The average molecular weight is 324 g/mol. The molecule has 0 radical (unpaired) electrons. The van der Waals surface area contributed by atoms with Crippen LogP contribution in [0.2, 0.25) is 5.28 Å². The topological polar surface area (TPSA) is 37.8 Å². The normalized spacial score (nSPS) is 17.6. The molecule has 0 aliphatic heterocycles. The van der Waals surface area contributed by atoms with Crippen molar-refractivity contribution in [3.05, 3.63) is 16.2 Å². The van der Waals surface area contributed by atoms with Crippen LogP contribution in [0.3, 0.4) is 0 Å². The minimum atomic E-state index is 0.348. The highest BCUT2D eigenvalue weighted by Crippen LogP contribution is 2.31. The van der Waals surface area contributed by atoms with Crippen LogP contribution in [0.4, 0.5) is 5.82 Å². The molecular formula is C16H22ClN3S. The molecule has 3 nitrogen and oxygen atoms in total. The Bertz CT molecular complexity index is 603. The lowest BCUT2D eigenvalue weighted by Gasteiger charge is -2.21. The van der Waals surface area contributed by atoms with Gasteiger partial charge in [0.2, 0.25) is 5.28 Å². The first-order valence-electron chi connectivity index (χ1n) is 7.98. The summed E-state index contributed by atoms with van der Waals surface area (Å²) in [6.45, 7) is 2.17. The SMILES string of the molecule is CCc1cc2c(NC3CCCCCCC3)nc(Cl)nc2s1. The summed E-state index contributed by atoms with van der Waals surface area (Å²) in [5, 5.41) is 5.12. The number of nitrogens with one attached hydrogen (secondary N) is 1. The van der Waals surface area contributed by atoms with Gasteiger partial charge in [-0.25, -0.2) is 9.97 Å². The largest absolute Gasteiger partial charge is 0.367 e. The fourth-order valence-corrected chi connectivity index (χ4v) is 4.21. The highest BCUT2D eigenvalue weighted by atomic mass is 35.5. The summed E-state index contributed by atoms with van der Waals surface area (Å²) in [6, 6.07) is 2.73. The van der Waals surface area contributed by atoms with Crippen LogP contribution in [0.1, 0.15) is 56.7 Å². The van der Waals surface area contributed by atoms with Crippen molar-refractivity contribution in [1.82, 2.24) is 9.97 Å². The Hall–Kier alpha value is -0.870. The molecule has 1 aliphatic carbocycles. The molecule has 2 heterocycles. The van der Waals surface area contributed by atoms with Gasteiger partial charge in [-0.15, -0.1) is 11.3 Å². The van der Waals surface area contributed by atoms with E-state index in [1.165, 1.54) is 49.8 Å². The third-order valence-electron chi connectivity index (χ3n) is 4.21. The van der Waals surface area contributed by atoms with Gasteiger partial charge in [0, 0.05) is 10.9 Å². The van der Waals surface area contributed by atoms with Gasteiger partial charge in [0.05, 0.1) is 5.39 Å². The molecular weight excluding hydrogens is 302 g/mol. The number of hydrogen-bond acceptors (Lipinski definition) is 4. The van der Waals surface area contributed by atoms with Gasteiger partial charge in [-0.3, -0.25) is 0 Å². The maximum Gasteiger partial charge on any atom is 0.225 e. The number of thiophene rings is 1. The second-order valence-corrected chi connectivity index (χ2v) is 7.27. The van der Waals surface area contributed by atoms with Crippen LogP contribution < -0.4 is 5.32 Å². The molecule has 2 aromatic heterocycles. The highest BCUT2D eigenvalue weighted by molar-refractivity contribution is 7.18. The lowest BCUT2D eigenvalue weighted by molar-refractivity contribution is 0.471. The maximum atomic E-state index is 6.10. The Morgan fingerprint density at radius 3 is 2.62 bits per heavy atom. The van der Waals surface area contributed by atoms with Crippen LogP contribution >= 0.6 is 22.9 Å². The zero-order chi connectivity index (χ0) is 14.7. The monoisotopic (exact) mass is 323 g/mol. The maximum absolute atomic E-state index is 6.10. The van der Waals surface area contributed by atoms with E-state index < -0.39 is 0 Å². The number of fused-ring (bicyclic) bond motifs is 1. The third-order valence-corrected chi connectivity index (χ3v) is 5.55. The Labute approximate surface area is 135 Å². The number of aromatic nitrogens is 2. The second kappa shape index (κ2) is 6.93. The third kappa shape index (κ3) is 3.67. The Morgan fingerprint density at radius 1 is 1.19 bits per heavy atom. The smallest absolute Gasteiger partial charge is 0.225 e. The van der Waals surface area contributed by atoms with Crippen LogP contribution in [0.15, 0.2) is 6.07 Å². The molecule has 1 saturated carbocycles. The molecule has 0 unspecified atom stereocenters. The molecule has 0 aromatic carbocycles. The Balaban J connectivity index is 1.86. The van der Waals surface area contributed by atoms with Crippen molar-refractivity contribution in [3.8, 4) is 0 Å². The van der Waals surface area contributed by atoms with Crippen molar-refractivity contribution in [1.29, 1.82) is 0 Å². The van der Waals surface area contributed by atoms with E-state index in [1.807, 2.05) is 0 Å². The van der Waals surface area contributed by atoms with E-state index in [9.17, 15) is 0 Å². The van der Waals surface area contributed by atoms with Crippen molar-refractivity contribution in [2.24, 2.45) is 0 Å². The minimum absolute atomic E-state index is 0.348. The molecule has 2 aromatic rings. The summed E-state index contributed by atoms with van der Waals surface area (Å²) in [4.78, 5) is 11.1. The predicted octanol–water partition coefficient (Wildman–Crippen LogP) is 5.43. The van der Waals surface area contributed by atoms with Gasteiger partial charge in [-0.1, -0.05) is 39.0 Å². The van der Waals surface area contributed by atoms with Crippen LogP contribution in [0, 0.1) is 0 Å². The molecule has 21 heavy (non-hydrogen) atoms. The standard InChI is InChI=1S/C16H22ClN3S/c1-2-12-10-13-14(19-16(17)20-15(13)21-12)18-11-8-6-4-3-5-7-9-11/h10-11H,2-9H2,1H3,(H,18,19,20). The van der Waals surface area contributed by atoms with Gasteiger partial charge >= 0.3 is 0 Å². The molecule has 1 N–H and O–H groups in total. The van der Waals surface area contributed by atoms with Crippen LogP contribution in [0.25, 0.3) is 10.2 Å². The first-order chi connectivity index (χ1) is 10.3. The minimum Gasteiger partial charge on any atom is -0.367 e. The van der Waals surface area contributed by atoms with Gasteiger partial charge in [-0.05, 0) is 36.9 Å². The zero-order valence-corrected chi connectivity index (χ0v) is 14.1. The summed E-state index contributed by atoms with van der Waals surface area (Å²) in [6.07, 6.45) is 10.2. The van der Waals surface area contributed by atoms with Gasteiger partial charge < -0.3 is 5.32 Å². The second-order valence-electron chi connectivity index (χ2n) is 5.81. The lowest BCUT2D eigenvalue weighted by Crippen LogP contribution is -2.21. The molecule has 1 fully saturated rings. The van der Waals surface area contributed by atoms with Gasteiger partial charge in [0.15, 0.2) is 0 Å². The average Bonchev–Trinajstić information content (AvgIpc) is 2.84. The zero-order valence-electron chi connectivity index (χ0n) is 12.5. The van der Waals surface area contributed by atoms with Gasteiger partial charge in [-0.2, -0.15) is 0 Å². The van der Waals surface area contributed by atoms with Crippen LogP contribution in [-0.4, -0.2) is 16.0 Å². The molecule has 0 amide bonds. The van der Waals surface area contributed by atoms with E-state index >= 15 is 0 Å². The van der Waals surface area contributed by atoms with Gasteiger partial charge in [0.1, 0.15) is 10.6 Å². The van der Waals surface area contributed by atoms with Crippen molar-refractivity contribution in [3.63, 3.8) is 0 Å². The van der Waals surface area contributed by atoms with E-state index in [2.05, 4.69) is 28.3 Å². The van der Waals surface area contributed by atoms with Crippen LogP contribution in [0.5, 0.6) is 0 Å². The van der Waals surface area contributed by atoms with E-state index in [0.29, 0.717) is 11.3 Å². The molecule has 5 heteroatoms. The number of nitrogens with zero attached hydrogens (tertiary/aromatic N) is 2. The number of aryl methyl sites for hydroxylation is 1. The Morgan fingerprint density at radius 2 is 1.90 bits per heavy atom. The molecule has 0 spiro atoms. The van der Waals surface area contributed by atoms with Crippen molar-refractivity contribution in [2.45, 2.75) is 64.3 Å². The summed E-state index contributed by atoms with van der Waals surface area (Å²) < 4.78 is 0. The Kier molecular flexibility index (Phi) is 4.96. The quantitative estimate of drug-likeness (QED) is 0.765. The highest BCUT2D eigenvalue weighted by Gasteiger charge is 2.16. The first kappa shape index (κ1) is 15.0. The van der Waals surface area contributed by atoms with Crippen LogP contribution in [-0.2, 0) is 6.42 Å². The van der Waals surface area contributed by atoms with Crippen molar-refractivity contribution < 1.29 is 0 Å². The van der Waals surface area contributed by atoms with Crippen molar-refractivity contribution in [2.75, 3.05) is 5.32 Å². The summed E-state index contributed by atoms with van der Waals surface area (Å²) in [5.41, 5.74) is 0. The molecule has 1 aliphatic rings. The molecule has 0 saturated heterocycles. The fourth-order valence-electron chi connectivity index (χ4n) is 3.02. The molecule has 0 atom stereocenters. The van der Waals surface area contributed by atoms with Crippen molar-refractivity contribution >= 4 is 39.0 Å². The summed E-state index contributed by atoms with van der Waals surface area (Å²) >= 11 is 7.82. The summed E-state index contributed by atoms with van der Waals surface area (Å²) in [7, 11) is 0. The number of hydrogen-bond donors (Lipinski definition) is 1. The molecule has 3 rings (SSSR count). The van der Waals surface area contributed by atoms with E-state index in [1.54, 1.807) is 11.3 Å². The van der Waals surface area contributed by atoms with Gasteiger partial charge in [0.25, 0.3) is 0 Å². The van der Waals surface area contributed by atoms with E-state index in [-0.39, 0.29) is 0 Å². The first-order valence-corrected chi connectivity index (χ1v) is 9.18. The molecule has 0 bridgehead atoms. The van der Waals surface area contributed by atoms with E-state index in [4.69, 9.17) is 11.6 Å². The number of rotatable bonds is 3. The number of anilines is 1. The lowest BCUT2D eigenvalue weighted by atomic mass is 9.97. The fraction of sp³-hybridized carbons (Fsp3) is 0.625.